The first-order valence-electron chi connectivity index (χ1n) is 6.15. The van der Waals surface area contributed by atoms with Gasteiger partial charge in [0.25, 0.3) is 0 Å². The number of rotatable bonds is 4. The first kappa shape index (κ1) is 12.8. The molecule has 2 aromatic carbocycles. The summed E-state index contributed by atoms with van der Waals surface area (Å²) in [4.78, 5) is 7.62. The minimum atomic E-state index is 0.374. The molecule has 0 bridgehead atoms. The summed E-state index contributed by atoms with van der Waals surface area (Å²) in [5.74, 6) is 2.33. The van der Waals surface area contributed by atoms with Gasteiger partial charge < -0.3 is 14.5 Å². The summed E-state index contributed by atoms with van der Waals surface area (Å²) in [5, 5.41) is 0.684. The third-order valence-corrected chi connectivity index (χ3v) is 3.16. The molecule has 0 saturated heterocycles. The van der Waals surface area contributed by atoms with E-state index in [9.17, 15) is 0 Å². The van der Waals surface area contributed by atoms with Crippen molar-refractivity contribution in [1.82, 2.24) is 9.97 Å². The van der Waals surface area contributed by atoms with E-state index in [1.165, 1.54) is 0 Å². The molecule has 102 valence electrons. The van der Waals surface area contributed by atoms with E-state index in [1.807, 2.05) is 42.5 Å². The van der Waals surface area contributed by atoms with E-state index >= 15 is 0 Å². The Morgan fingerprint density at radius 2 is 1.85 bits per heavy atom. The molecule has 0 radical (unpaired) electrons. The smallest absolute Gasteiger partial charge is 0.146 e. The van der Waals surface area contributed by atoms with Crippen LogP contribution in [0.5, 0.6) is 11.5 Å². The number of H-pyrrole nitrogens is 1. The van der Waals surface area contributed by atoms with Gasteiger partial charge in [0.1, 0.15) is 23.9 Å². The van der Waals surface area contributed by atoms with Crippen LogP contribution in [0.3, 0.4) is 0 Å². The lowest BCUT2D eigenvalue weighted by Gasteiger charge is -2.05. The molecule has 0 fully saturated rings. The van der Waals surface area contributed by atoms with Crippen LogP contribution in [0.4, 0.5) is 0 Å². The highest BCUT2D eigenvalue weighted by molar-refractivity contribution is 6.31. The van der Waals surface area contributed by atoms with Crippen LogP contribution in [0.1, 0.15) is 5.82 Å². The van der Waals surface area contributed by atoms with Gasteiger partial charge in [-0.3, -0.25) is 0 Å². The highest BCUT2D eigenvalue weighted by atomic mass is 35.5. The van der Waals surface area contributed by atoms with Gasteiger partial charge in [0.2, 0.25) is 0 Å². The molecule has 3 aromatic rings. The summed E-state index contributed by atoms with van der Waals surface area (Å²) in [7, 11) is 1.63. The topological polar surface area (TPSA) is 47.1 Å². The van der Waals surface area contributed by atoms with E-state index in [4.69, 9.17) is 21.1 Å². The number of aromatic nitrogens is 2. The standard InChI is InChI=1S/C15H13ClN2O2/c1-19-11-3-5-12(6-4-11)20-9-15-17-13-7-2-10(16)8-14(13)18-15/h2-8H,9H2,1H3,(H,17,18). The normalized spacial score (nSPS) is 10.7. The average Bonchev–Trinajstić information content (AvgIpc) is 2.87. The van der Waals surface area contributed by atoms with Crippen LogP contribution in [-0.2, 0) is 6.61 Å². The molecule has 0 unspecified atom stereocenters. The molecule has 5 heteroatoms. The van der Waals surface area contributed by atoms with Crippen molar-refractivity contribution in [3.8, 4) is 11.5 Å². The maximum Gasteiger partial charge on any atom is 0.146 e. The molecule has 0 spiro atoms. The van der Waals surface area contributed by atoms with Gasteiger partial charge in [-0.05, 0) is 42.5 Å². The van der Waals surface area contributed by atoms with Crippen molar-refractivity contribution in [2.45, 2.75) is 6.61 Å². The second kappa shape index (κ2) is 5.43. The van der Waals surface area contributed by atoms with Gasteiger partial charge in [-0.25, -0.2) is 4.98 Å². The SMILES string of the molecule is COc1ccc(OCc2nc3ccc(Cl)cc3[nH]2)cc1. The van der Waals surface area contributed by atoms with E-state index in [0.29, 0.717) is 11.6 Å². The van der Waals surface area contributed by atoms with Crippen molar-refractivity contribution >= 4 is 22.6 Å². The molecule has 0 aliphatic carbocycles. The second-order valence-electron chi connectivity index (χ2n) is 4.31. The van der Waals surface area contributed by atoms with Crippen LogP contribution in [0, 0.1) is 0 Å². The molecule has 20 heavy (non-hydrogen) atoms. The zero-order chi connectivity index (χ0) is 13.9. The molecule has 1 aromatic heterocycles. The number of fused-ring (bicyclic) bond motifs is 1. The number of imidazole rings is 1. The van der Waals surface area contributed by atoms with Crippen LogP contribution in [0.25, 0.3) is 11.0 Å². The Morgan fingerprint density at radius 1 is 1.10 bits per heavy atom. The Morgan fingerprint density at radius 3 is 2.60 bits per heavy atom. The average molecular weight is 289 g/mol. The second-order valence-corrected chi connectivity index (χ2v) is 4.75. The minimum absolute atomic E-state index is 0.374. The fraction of sp³-hybridized carbons (Fsp3) is 0.133. The van der Waals surface area contributed by atoms with Crippen LogP contribution < -0.4 is 9.47 Å². The van der Waals surface area contributed by atoms with Crippen LogP contribution in [-0.4, -0.2) is 17.1 Å². The van der Waals surface area contributed by atoms with Gasteiger partial charge >= 0.3 is 0 Å². The van der Waals surface area contributed by atoms with Crippen molar-refractivity contribution in [3.63, 3.8) is 0 Å². The number of aromatic amines is 1. The minimum Gasteiger partial charge on any atom is -0.497 e. The number of hydrogen-bond acceptors (Lipinski definition) is 3. The molecule has 4 nitrogen and oxygen atoms in total. The van der Waals surface area contributed by atoms with E-state index in [-0.39, 0.29) is 0 Å². The third-order valence-electron chi connectivity index (χ3n) is 2.93. The Balaban J connectivity index is 1.72. The molecule has 0 atom stereocenters. The van der Waals surface area contributed by atoms with Crippen LogP contribution in [0.2, 0.25) is 5.02 Å². The quantitative estimate of drug-likeness (QED) is 0.794. The number of nitrogens with one attached hydrogen (secondary N) is 1. The molecular weight excluding hydrogens is 276 g/mol. The van der Waals surface area contributed by atoms with E-state index in [2.05, 4.69) is 9.97 Å². The maximum absolute atomic E-state index is 5.94. The summed E-state index contributed by atoms with van der Waals surface area (Å²) in [5.41, 5.74) is 1.79. The molecular formula is C15H13ClN2O2. The van der Waals surface area contributed by atoms with Crippen molar-refractivity contribution in [1.29, 1.82) is 0 Å². The fourth-order valence-electron chi connectivity index (χ4n) is 1.93. The maximum atomic E-state index is 5.94. The Kier molecular flexibility index (Phi) is 3.48. The summed E-state index contributed by atoms with van der Waals surface area (Å²) in [6.07, 6.45) is 0. The van der Waals surface area contributed by atoms with Gasteiger partial charge in [0, 0.05) is 5.02 Å². The number of methoxy groups -OCH3 is 1. The number of nitrogens with zero attached hydrogens (tertiary/aromatic N) is 1. The molecule has 0 aliphatic rings. The van der Waals surface area contributed by atoms with Gasteiger partial charge in [0.05, 0.1) is 18.1 Å². The monoisotopic (exact) mass is 288 g/mol. The van der Waals surface area contributed by atoms with E-state index in [1.54, 1.807) is 7.11 Å². The molecule has 0 amide bonds. The summed E-state index contributed by atoms with van der Waals surface area (Å²) in [6.45, 7) is 0.374. The Hall–Kier alpha value is -2.20. The zero-order valence-electron chi connectivity index (χ0n) is 10.9. The van der Waals surface area contributed by atoms with Crippen LogP contribution >= 0.6 is 11.6 Å². The summed E-state index contributed by atoms with van der Waals surface area (Å²) < 4.78 is 10.8. The molecule has 1 N–H and O–H groups in total. The van der Waals surface area contributed by atoms with Crippen molar-refractivity contribution < 1.29 is 9.47 Å². The Labute approximate surface area is 121 Å². The molecule has 3 rings (SSSR count). The molecule has 1 heterocycles. The lowest BCUT2D eigenvalue weighted by molar-refractivity contribution is 0.297. The van der Waals surface area contributed by atoms with Crippen LogP contribution in [0.15, 0.2) is 42.5 Å². The number of halogens is 1. The van der Waals surface area contributed by atoms with Crippen molar-refractivity contribution in [3.05, 3.63) is 53.3 Å². The highest BCUT2D eigenvalue weighted by Crippen LogP contribution is 2.20. The number of benzene rings is 2. The lowest BCUT2D eigenvalue weighted by Crippen LogP contribution is -1.97. The Bertz CT molecular complexity index is 722. The van der Waals surface area contributed by atoms with E-state index in [0.717, 1.165) is 28.4 Å². The number of ether oxygens (including phenoxy) is 2. The number of hydrogen-bond donors (Lipinski definition) is 1. The van der Waals surface area contributed by atoms with Gasteiger partial charge in [-0.1, -0.05) is 11.6 Å². The summed E-state index contributed by atoms with van der Waals surface area (Å²) >= 11 is 5.94. The predicted octanol–water partition coefficient (Wildman–Crippen LogP) is 3.80. The van der Waals surface area contributed by atoms with Crippen molar-refractivity contribution in [2.24, 2.45) is 0 Å². The van der Waals surface area contributed by atoms with Gasteiger partial charge in [0.15, 0.2) is 0 Å². The van der Waals surface area contributed by atoms with Gasteiger partial charge in [-0.2, -0.15) is 0 Å². The molecule has 0 saturated carbocycles. The lowest BCUT2D eigenvalue weighted by atomic mass is 10.3. The first-order valence-corrected chi connectivity index (χ1v) is 6.53. The zero-order valence-corrected chi connectivity index (χ0v) is 11.6. The largest absolute Gasteiger partial charge is 0.497 e. The van der Waals surface area contributed by atoms with E-state index < -0.39 is 0 Å². The van der Waals surface area contributed by atoms with Gasteiger partial charge in [-0.15, -0.1) is 0 Å². The highest BCUT2D eigenvalue weighted by Gasteiger charge is 2.04. The van der Waals surface area contributed by atoms with Crippen molar-refractivity contribution in [2.75, 3.05) is 7.11 Å². The predicted molar refractivity (Wildman–Crippen MR) is 78.4 cm³/mol. The molecule has 0 aliphatic heterocycles. The third kappa shape index (κ3) is 2.70. The fourth-order valence-corrected chi connectivity index (χ4v) is 2.10. The summed E-state index contributed by atoms with van der Waals surface area (Å²) in [6, 6.07) is 13.0. The first-order chi connectivity index (χ1) is 9.74.